The molecule has 0 spiro atoms. The van der Waals surface area contributed by atoms with E-state index >= 15 is 0 Å². The smallest absolute Gasteiger partial charge is 0.0367 e. The second-order valence-electron chi connectivity index (χ2n) is 5.03. The molecule has 0 amide bonds. The molecule has 1 aromatic carbocycles. The zero-order chi connectivity index (χ0) is 13.0. The van der Waals surface area contributed by atoms with E-state index in [4.69, 9.17) is 5.73 Å². The molecule has 100 valence electrons. The molecule has 0 aromatic heterocycles. The zero-order valence-electron chi connectivity index (χ0n) is 11.6. The maximum absolute atomic E-state index is 6.04. The number of hydrogen-bond donors (Lipinski definition) is 1. The molecule has 1 aliphatic rings. The first-order valence-electron chi connectivity index (χ1n) is 7.07. The van der Waals surface area contributed by atoms with Gasteiger partial charge in [-0.2, -0.15) is 0 Å². The van der Waals surface area contributed by atoms with Crippen molar-refractivity contribution in [1.29, 1.82) is 0 Å². The number of likely N-dealkylation sites (N-methyl/N-ethyl adjacent to an activating group) is 1. The Balaban J connectivity index is 1.98. The molecule has 0 radical (unpaired) electrons. The molecular formula is C15H25N3. The number of nitrogens with two attached hydrogens (primary N) is 1. The van der Waals surface area contributed by atoms with Crippen LogP contribution in [0.25, 0.3) is 0 Å². The maximum Gasteiger partial charge on any atom is 0.0367 e. The fourth-order valence-corrected chi connectivity index (χ4v) is 2.49. The van der Waals surface area contributed by atoms with E-state index in [1.54, 1.807) is 0 Å². The average molecular weight is 247 g/mol. The molecule has 3 nitrogen and oxygen atoms in total. The van der Waals surface area contributed by atoms with Gasteiger partial charge in [-0.15, -0.1) is 0 Å². The zero-order valence-corrected chi connectivity index (χ0v) is 11.6. The van der Waals surface area contributed by atoms with Crippen LogP contribution in [0.3, 0.4) is 0 Å². The molecule has 1 aromatic rings. The summed E-state index contributed by atoms with van der Waals surface area (Å²) in [6.45, 7) is 10.1. The van der Waals surface area contributed by atoms with E-state index < -0.39 is 0 Å². The van der Waals surface area contributed by atoms with Gasteiger partial charge in [0.2, 0.25) is 0 Å². The molecule has 18 heavy (non-hydrogen) atoms. The third-order valence-electron chi connectivity index (χ3n) is 3.95. The van der Waals surface area contributed by atoms with Crippen LogP contribution in [0, 0.1) is 0 Å². The van der Waals surface area contributed by atoms with Gasteiger partial charge in [0.25, 0.3) is 0 Å². The molecule has 1 saturated heterocycles. The van der Waals surface area contributed by atoms with E-state index in [1.807, 2.05) is 0 Å². The number of anilines is 1. The van der Waals surface area contributed by atoms with Gasteiger partial charge in [0, 0.05) is 37.9 Å². The van der Waals surface area contributed by atoms with E-state index in [2.05, 4.69) is 47.9 Å². The monoisotopic (exact) mass is 247 g/mol. The summed E-state index contributed by atoms with van der Waals surface area (Å²) in [5.74, 6) is 0. The summed E-state index contributed by atoms with van der Waals surface area (Å²) in [4.78, 5) is 4.96. The van der Waals surface area contributed by atoms with Crippen molar-refractivity contribution in [3.63, 3.8) is 0 Å². The van der Waals surface area contributed by atoms with Crippen molar-refractivity contribution in [3.05, 3.63) is 29.8 Å². The topological polar surface area (TPSA) is 32.5 Å². The van der Waals surface area contributed by atoms with Gasteiger partial charge < -0.3 is 15.5 Å². The van der Waals surface area contributed by atoms with Gasteiger partial charge >= 0.3 is 0 Å². The van der Waals surface area contributed by atoms with Crippen LogP contribution >= 0.6 is 0 Å². The minimum atomic E-state index is 0.177. The van der Waals surface area contributed by atoms with Gasteiger partial charge in [0.05, 0.1) is 0 Å². The van der Waals surface area contributed by atoms with Crippen LogP contribution in [0.4, 0.5) is 5.69 Å². The van der Waals surface area contributed by atoms with Gasteiger partial charge in [-0.3, -0.25) is 0 Å². The summed E-state index contributed by atoms with van der Waals surface area (Å²) in [5, 5.41) is 0. The Bertz CT molecular complexity index is 353. The summed E-state index contributed by atoms with van der Waals surface area (Å²) < 4.78 is 0. The Labute approximate surface area is 111 Å². The van der Waals surface area contributed by atoms with Crippen molar-refractivity contribution in [2.45, 2.75) is 26.3 Å². The maximum atomic E-state index is 6.04. The largest absolute Gasteiger partial charge is 0.369 e. The van der Waals surface area contributed by atoms with E-state index in [0.717, 1.165) is 26.1 Å². The lowest BCUT2D eigenvalue weighted by Gasteiger charge is -2.35. The first-order valence-corrected chi connectivity index (χ1v) is 7.07. The molecule has 2 N–H and O–H groups in total. The lowest BCUT2D eigenvalue weighted by molar-refractivity contribution is 0.271. The van der Waals surface area contributed by atoms with Crippen molar-refractivity contribution < 1.29 is 0 Å². The highest BCUT2D eigenvalue weighted by Gasteiger charge is 2.15. The van der Waals surface area contributed by atoms with Crippen molar-refractivity contribution >= 4 is 5.69 Å². The lowest BCUT2D eigenvalue weighted by atomic mass is 10.0. The Hall–Kier alpha value is -1.06. The minimum absolute atomic E-state index is 0.177. The average Bonchev–Trinajstić information content (AvgIpc) is 2.47. The van der Waals surface area contributed by atoms with Crippen molar-refractivity contribution in [2.75, 3.05) is 37.6 Å². The van der Waals surface area contributed by atoms with Crippen LogP contribution in [0.1, 0.15) is 31.9 Å². The predicted octanol–water partition coefficient (Wildman–Crippen LogP) is 2.24. The van der Waals surface area contributed by atoms with Crippen LogP contribution in [-0.2, 0) is 0 Å². The molecule has 0 aliphatic carbocycles. The van der Waals surface area contributed by atoms with Gasteiger partial charge in [-0.1, -0.05) is 26.0 Å². The van der Waals surface area contributed by atoms with Crippen LogP contribution < -0.4 is 10.6 Å². The third kappa shape index (κ3) is 3.03. The molecule has 1 heterocycles. The first kappa shape index (κ1) is 13.4. The summed E-state index contributed by atoms with van der Waals surface area (Å²) >= 11 is 0. The lowest BCUT2D eigenvalue weighted by Crippen LogP contribution is -2.46. The standard InChI is InChI=1S/C15H25N3/c1-3-15(16)13-5-7-14(8-6-13)18-11-9-17(4-2)10-12-18/h5-8,15H,3-4,9-12,16H2,1-2H3. The van der Waals surface area contributed by atoms with E-state index in [9.17, 15) is 0 Å². The van der Waals surface area contributed by atoms with Crippen LogP contribution in [0.5, 0.6) is 0 Å². The Morgan fingerprint density at radius 3 is 2.17 bits per heavy atom. The normalized spacial score (nSPS) is 18.9. The Morgan fingerprint density at radius 2 is 1.67 bits per heavy atom. The fraction of sp³-hybridized carbons (Fsp3) is 0.600. The highest BCUT2D eigenvalue weighted by atomic mass is 15.3. The van der Waals surface area contributed by atoms with Crippen LogP contribution in [0.15, 0.2) is 24.3 Å². The molecule has 0 saturated carbocycles. The van der Waals surface area contributed by atoms with Crippen LogP contribution in [0.2, 0.25) is 0 Å². The molecule has 1 unspecified atom stereocenters. The van der Waals surface area contributed by atoms with E-state index in [0.29, 0.717) is 0 Å². The SMILES string of the molecule is CCC(N)c1ccc(N2CCN(CC)CC2)cc1. The number of piperazine rings is 1. The molecule has 1 aliphatic heterocycles. The minimum Gasteiger partial charge on any atom is -0.369 e. The van der Waals surface area contributed by atoms with Crippen LogP contribution in [-0.4, -0.2) is 37.6 Å². The highest BCUT2D eigenvalue weighted by molar-refractivity contribution is 5.48. The van der Waals surface area contributed by atoms with Gasteiger partial charge in [0.15, 0.2) is 0 Å². The summed E-state index contributed by atoms with van der Waals surface area (Å²) in [5.41, 5.74) is 8.61. The van der Waals surface area contributed by atoms with Gasteiger partial charge in [0.1, 0.15) is 0 Å². The third-order valence-corrected chi connectivity index (χ3v) is 3.95. The number of hydrogen-bond acceptors (Lipinski definition) is 3. The first-order chi connectivity index (χ1) is 8.74. The van der Waals surface area contributed by atoms with E-state index in [-0.39, 0.29) is 6.04 Å². The summed E-state index contributed by atoms with van der Waals surface area (Å²) in [6.07, 6.45) is 0.995. The predicted molar refractivity (Wildman–Crippen MR) is 78.0 cm³/mol. The Kier molecular flexibility index (Phi) is 4.61. The Morgan fingerprint density at radius 1 is 1.06 bits per heavy atom. The van der Waals surface area contributed by atoms with Crippen molar-refractivity contribution in [2.24, 2.45) is 5.73 Å². The fourth-order valence-electron chi connectivity index (χ4n) is 2.49. The summed E-state index contributed by atoms with van der Waals surface area (Å²) in [6, 6.07) is 8.96. The van der Waals surface area contributed by atoms with Gasteiger partial charge in [-0.25, -0.2) is 0 Å². The number of benzene rings is 1. The van der Waals surface area contributed by atoms with E-state index in [1.165, 1.54) is 24.3 Å². The second-order valence-corrected chi connectivity index (χ2v) is 5.03. The number of rotatable bonds is 4. The molecule has 1 atom stereocenters. The molecular weight excluding hydrogens is 222 g/mol. The highest BCUT2D eigenvalue weighted by Crippen LogP contribution is 2.20. The molecule has 2 rings (SSSR count). The molecule has 3 heteroatoms. The van der Waals surface area contributed by atoms with Crippen molar-refractivity contribution in [3.8, 4) is 0 Å². The number of nitrogens with zero attached hydrogens (tertiary/aromatic N) is 2. The quantitative estimate of drug-likeness (QED) is 0.885. The summed E-state index contributed by atoms with van der Waals surface area (Å²) in [7, 11) is 0. The molecule has 0 bridgehead atoms. The van der Waals surface area contributed by atoms with Gasteiger partial charge in [-0.05, 0) is 30.7 Å². The molecule has 1 fully saturated rings. The van der Waals surface area contributed by atoms with Crippen molar-refractivity contribution in [1.82, 2.24) is 4.90 Å². The second kappa shape index (κ2) is 6.21.